The lowest BCUT2D eigenvalue weighted by Crippen LogP contribution is -2.22. The normalized spacial score (nSPS) is 30.1. The highest BCUT2D eigenvalue weighted by atomic mass is 35.5. The highest BCUT2D eigenvalue weighted by Crippen LogP contribution is 2.52. The molecule has 2 N–H and O–H groups in total. The van der Waals surface area contributed by atoms with Crippen LogP contribution in [0.25, 0.3) is 0 Å². The summed E-state index contributed by atoms with van der Waals surface area (Å²) in [5.41, 5.74) is 7.08. The molecule has 0 amide bonds. The van der Waals surface area contributed by atoms with E-state index in [4.69, 9.17) is 22.1 Å². The van der Waals surface area contributed by atoms with Crippen molar-refractivity contribution in [2.45, 2.75) is 18.9 Å². The summed E-state index contributed by atoms with van der Waals surface area (Å²) in [6.07, 6.45) is 1.02. The van der Waals surface area contributed by atoms with Crippen molar-refractivity contribution < 1.29 is 4.74 Å². The van der Waals surface area contributed by atoms with E-state index in [1.54, 1.807) is 7.11 Å². The second-order valence-electron chi connectivity index (χ2n) is 3.99. The van der Waals surface area contributed by atoms with Gasteiger partial charge < -0.3 is 10.5 Å². The summed E-state index contributed by atoms with van der Waals surface area (Å²) in [7, 11) is 1.64. The average molecular weight is 212 g/mol. The smallest absolute Gasteiger partial charge is 0.125 e. The molecule has 2 rings (SSSR count). The van der Waals surface area contributed by atoms with Gasteiger partial charge in [-0.25, -0.2) is 0 Å². The fourth-order valence-electron chi connectivity index (χ4n) is 1.87. The third-order valence-corrected chi connectivity index (χ3v) is 3.26. The van der Waals surface area contributed by atoms with E-state index in [1.807, 2.05) is 18.2 Å². The molecular formula is C11H14ClNO. The summed E-state index contributed by atoms with van der Waals surface area (Å²) in [6.45, 7) is 2.15. The quantitative estimate of drug-likeness (QED) is 0.816. The molecule has 2 atom stereocenters. The van der Waals surface area contributed by atoms with Crippen LogP contribution in [0.2, 0.25) is 5.02 Å². The lowest BCUT2D eigenvalue weighted by molar-refractivity contribution is 0.402. The van der Waals surface area contributed by atoms with Crippen LogP contribution in [0.5, 0.6) is 5.75 Å². The molecule has 0 aliphatic heterocycles. The van der Waals surface area contributed by atoms with Crippen molar-refractivity contribution in [1.82, 2.24) is 0 Å². The van der Waals surface area contributed by atoms with Crippen molar-refractivity contribution >= 4 is 11.6 Å². The molecule has 0 aromatic heterocycles. The summed E-state index contributed by atoms with van der Waals surface area (Å²) in [5, 5.41) is 0.683. The Balaban J connectivity index is 2.43. The van der Waals surface area contributed by atoms with E-state index in [0.29, 0.717) is 10.9 Å². The van der Waals surface area contributed by atoms with Gasteiger partial charge in [-0.3, -0.25) is 0 Å². The van der Waals surface area contributed by atoms with Crippen molar-refractivity contribution in [3.63, 3.8) is 0 Å². The molecule has 14 heavy (non-hydrogen) atoms. The molecule has 2 unspecified atom stereocenters. The minimum atomic E-state index is -0.198. The van der Waals surface area contributed by atoms with Gasteiger partial charge in [-0.15, -0.1) is 0 Å². The highest BCUT2D eigenvalue weighted by molar-refractivity contribution is 6.30. The molecular weight excluding hydrogens is 198 g/mol. The van der Waals surface area contributed by atoms with Gasteiger partial charge in [0.15, 0.2) is 0 Å². The average Bonchev–Trinajstić information content (AvgIpc) is 2.75. The SMILES string of the molecule is COc1cc(Cl)ccc1C1(N)CC1C. The first-order chi connectivity index (χ1) is 6.58. The van der Waals surface area contributed by atoms with Gasteiger partial charge in [-0.2, -0.15) is 0 Å². The minimum Gasteiger partial charge on any atom is -0.496 e. The Kier molecular flexibility index (Phi) is 2.20. The second-order valence-corrected chi connectivity index (χ2v) is 4.43. The van der Waals surface area contributed by atoms with Gasteiger partial charge in [0.25, 0.3) is 0 Å². The van der Waals surface area contributed by atoms with Crippen LogP contribution in [0, 0.1) is 5.92 Å². The van der Waals surface area contributed by atoms with Gasteiger partial charge in [0.05, 0.1) is 7.11 Å². The second kappa shape index (κ2) is 3.14. The van der Waals surface area contributed by atoms with Crippen molar-refractivity contribution in [3.05, 3.63) is 28.8 Å². The van der Waals surface area contributed by atoms with Gasteiger partial charge in [0.1, 0.15) is 5.75 Å². The van der Waals surface area contributed by atoms with Crippen molar-refractivity contribution in [3.8, 4) is 5.75 Å². The number of nitrogens with two attached hydrogens (primary N) is 1. The van der Waals surface area contributed by atoms with Crippen LogP contribution in [0.1, 0.15) is 18.9 Å². The van der Waals surface area contributed by atoms with Gasteiger partial charge in [-0.1, -0.05) is 24.6 Å². The fourth-order valence-corrected chi connectivity index (χ4v) is 2.03. The monoisotopic (exact) mass is 211 g/mol. The van der Waals surface area contributed by atoms with Gasteiger partial charge >= 0.3 is 0 Å². The Labute approximate surface area is 89.0 Å². The first-order valence-corrected chi connectivity index (χ1v) is 5.08. The zero-order valence-electron chi connectivity index (χ0n) is 8.38. The first-order valence-electron chi connectivity index (χ1n) is 4.71. The summed E-state index contributed by atoms with van der Waals surface area (Å²) in [6, 6.07) is 5.64. The maximum absolute atomic E-state index is 6.21. The Morgan fingerprint density at radius 2 is 2.21 bits per heavy atom. The van der Waals surface area contributed by atoms with Crippen LogP contribution in [-0.2, 0) is 5.54 Å². The summed E-state index contributed by atoms with van der Waals surface area (Å²) >= 11 is 5.88. The van der Waals surface area contributed by atoms with Crippen LogP contribution in [0.15, 0.2) is 18.2 Å². The Morgan fingerprint density at radius 3 is 2.71 bits per heavy atom. The maximum atomic E-state index is 6.21. The Hall–Kier alpha value is -0.730. The lowest BCUT2D eigenvalue weighted by Gasteiger charge is -2.15. The molecule has 1 fully saturated rings. The number of ether oxygens (including phenoxy) is 1. The van der Waals surface area contributed by atoms with E-state index < -0.39 is 0 Å². The molecule has 1 aromatic carbocycles. The van der Waals surface area contributed by atoms with Crippen LogP contribution in [0.4, 0.5) is 0 Å². The van der Waals surface area contributed by atoms with Gasteiger partial charge in [-0.05, 0) is 24.5 Å². The number of hydrogen-bond donors (Lipinski definition) is 1. The Morgan fingerprint density at radius 1 is 1.57 bits per heavy atom. The van der Waals surface area contributed by atoms with Crippen LogP contribution >= 0.6 is 11.6 Å². The van der Waals surface area contributed by atoms with E-state index >= 15 is 0 Å². The molecule has 1 saturated carbocycles. The minimum absolute atomic E-state index is 0.198. The summed E-state index contributed by atoms with van der Waals surface area (Å²) in [5.74, 6) is 1.32. The van der Waals surface area contributed by atoms with E-state index in [9.17, 15) is 0 Å². The first kappa shape index (κ1) is 9.81. The maximum Gasteiger partial charge on any atom is 0.125 e. The van der Waals surface area contributed by atoms with Crippen LogP contribution in [-0.4, -0.2) is 7.11 Å². The van der Waals surface area contributed by atoms with Crippen molar-refractivity contribution in [1.29, 1.82) is 0 Å². The molecule has 0 radical (unpaired) electrons. The summed E-state index contributed by atoms with van der Waals surface area (Å²) < 4.78 is 5.28. The molecule has 0 heterocycles. The topological polar surface area (TPSA) is 35.2 Å². The largest absolute Gasteiger partial charge is 0.496 e. The molecule has 0 saturated heterocycles. The van der Waals surface area contributed by atoms with E-state index in [-0.39, 0.29) is 5.54 Å². The zero-order valence-corrected chi connectivity index (χ0v) is 9.14. The molecule has 1 aliphatic rings. The fraction of sp³-hybridized carbons (Fsp3) is 0.455. The molecule has 3 heteroatoms. The predicted molar refractivity (Wildman–Crippen MR) is 57.7 cm³/mol. The van der Waals surface area contributed by atoms with Crippen molar-refractivity contribution in [2.24, 2.45) is 11.7 Å². The number of halogens is 1. The third-order valence-electron chi connectivity index (χ3n) is 3.03. The summed E-state index contributed by atoms with van der Waals surface area (Å²) in [4.78, 5) is 0. The number of rotatable bonds is 2. The molecule has 0 bridgehead atoms. The molecule has 0 spiro atoms. The van der Waals surface area contributed by atoms with E-state index in [1.165, 1.54) is 0 Å². The number of methoxy groups -OCH3 is 1. The van der Waals surface area contributed by atoms with E-state index in [0.717, 1.165) is 17.7 Å². The van der Waals surface area contributed by atoms with Crippen LogP contribution < -0.4 is 10.5 Å². The Bertz CT molecular complexity index is 366. The standard InChI is InChI=1S/C11H14ClNO/c1-7-6-11(7,13)9-4-3-8(12)5-10(9)14-2/h3-5,7H,6,13H2,1-2H3. The van der Waals surface area contributed by atoms with Gasteiger partial charge in [0.2, 0.25) is 0 Å². The molecule has 2 nitrogen and oxygen atoms in total. The van der Waals surface area contributed by atoms with Crippen molar-refractivity contribution in [2.75, 3.05) is 7.11 Å². The number of benzene rings is 1. The van der Waals surface area contributed by atoms with Crippen LogP contribution in [0.3, 0.4) is 0 Å². The zero-order chi connectivity index (χ0) is 10.3. The number of hydrogen-bond acceptors (Lipinski definition) is 2. The highest BCUT2D eigenvalue weighted by Gasteiger charge is 2.50. The molecule has 1 aromatic rings. The predicted octanol–water partition coefficient (Wildman–Crippen LogP) is 2.54. The third kappa shape index (κ3) is 1.39. The molecule has 1 aliphatic carbocycles. The lowest BCUT2D eigenvalue weighted by atomic mass is 10.0. The van der Waals surface area contributed by atoms with E-state index in [2.05, 4.69) is 6.92 Å². The molecule has 76 valence electrons. The van der Waals surface area contributed by atoms with Gasteiger partial charge in [0, 0.05) is 16.1 Å².